The van der Waals surface area contributed by atoms with E-state index in [4.69, 9.17) is 9.72 Å². The monoisotopic (exact) mass is 553 g/mol. The van der Waals surface area contributed by atoms with E-state index in [-0.39, 0.29) is 17.6 Å². The highest BCUT2D eigenvalue weighted by Crippen LogP contribution is 2.33. The van der Waals surface area contributed by atoms with Crippen LogP contribution in [0.4, 0.5) is 21.7 Å². The SMILES string of the molecule is C=CC(=O)N1CCN(c2ccc3ncnc(Nc4ccc(Oc5ccc6c(c5)nnn6C)c(C)c4F)c3n2)C[C@@H]1C. The number of hydrogen-bond acceptors (Lipinski definition) is 9. The summed E-state index contributed by atoms with van der Waals surface area (Å²) in [4.78, 5) is 29.6. The van der Waals surface area contributed by atoms with Crippen molar-refractivity contribution >= 4 is 45.3 Å². The van der Waals surface area contributed by atoms with E-state index in [1.165, 1.54) is 12.4 Å². The van der Waals surface area contributed by atoms with Crippen molar-refractivity contribution in [3.8, 4) is 11.5 Å². The predicted octanol–water partition coefficient (Wildman–Crippen LogP) is 4.51. The second-order valence-corrected chi connectivity index (χ2v) is 9.93. The van der Waals surface area contributed by atoms with E-state index in [1.807, 2.05) is 32.2 Å². The average Bonchev–Trinajstić information content (AvgIpc) is 3.36. The number of pyridine rings is 1. The maximum atomic E-state index is 15.6. The van der Waals surface area contributed by atoms with Crippen LogP contribution in [0.1, 0.15) is 12.5 Å². The van der Waals surface area contributed by atoms with Gasteiger partial charge < -0.3 is 19.9 Å². The lowest BCUT2D eigenvalue weighted by molar-refractivity contribution is -0.128. The Kier molecular flexibility index (Phi) is 6.66. The lowest BCUT2D eigenvalue weighted by atomic mass is 10.1. The number of aryl methyl sites for hydroxylation is 1. The number of nitrogens with one attached hydrogen (secondary N) is 1. The molecule has 4 heterocycles. The number of carbonyl (C=O) groups is 1. The van der Waals surface area contributed by atoms with Gasteiger partial charge in [-0.3, -0.25) is 4.79 Å². The molecule has 1 aliphatic rings. The van der Waals surface area contributed by atoms with E-state index in [0.717, 1.165) is 11.3 Å². The molecule has 1 saturated heterocycles. The van der Waals surface area contributed by atoms with Crippen molar-refractivity contribution in [2.75, 3.05) is 29.9 Å². The van der Waals surface area contributed by atoms with Crippen LogP contribution in [0.25, 0.3) is 22.1 Å². The van der Waals surface area contributed by atoms with Gasteiger partial charge in [0.05, 0.1) is 16.7 Å². The van der Waals surface area contributed by atoms with Crippen LogP contribution in [-0.4, -0.2) is 66.4 Å². The fraction of sp³-hybridized carbons (Fsp3) is 0.241. The minimum atomic E-state index is -0.470. The molecule has 0 bridgehead atoms. The Bertz CT molecular complexity index is 1800. The molecular formula is C29H28FN9O2. The highest BCUT2D eigenvalue weighted by atomic mass is 19.1. The molecule has 3 aromatic heterocycles. The topological polar surface area (TPSA) is 114 Å². The molecule has 208 valence electrons. The minimum Gasteiger partial charge on any atom is -0.457 e. The molecule has 5 aromatic rings. The number of halogens is 1. The van der Waals surface area contributed by atoms with Gasteiger partial charge in [0.15, 0.2) is 11.6 Å². The van der Waals surface area contributed by atoms with Crippen molar-refractivity contribution in [1.29, 1.82) is 0 Å². The molecule has 0 spiro atoms. The Morgan fingerprint density at radius 3 is 2.80 bits per heavy atom. The third-order valence-corrected chi connectivity index (χ3v) is 7.28. The molecule has 1 aliphatic heterocycles. The molecule has 1 amide bonds. The van der Waals surface area contributed by atoms with Crippen molar-refractivity contribution < 1.29 is 13.9 Å². The first-order valence-electron chi connectivity index (χ1n) is 13.2. The van der Waals surface area contributed by atoms with Crippen LogP contribution in [0, 0.1) is 12.7 Å². The molecule has 6 rings (SSSR count). The Balaban J connectivity index is 1.25. The van der Waals surface area contributed by atoms with Crippen molar-refractivity contribution in [2.24, 2.45) is 7.05 Å². The van der Waals surface area contributed by atoms with Crippen LogP contribution in [0.3, 0.4) is 0 Å². The van der Waals surface area contributed by atoms with Crippen LogP contribution in [0.2, 0.25) is 0 Å². The van der Waals surface area contributed by atoms with Crippen LogP contribution in [0.5, 0.6) is 11.5 Å². The molecule has 0 aliphatic carbocycles. The first-order chi connectivity index (χ1) is 19.8. The highest BCUT2D eigenvalue weighted by molar-refractivity contribution is 5.89. The van der Waals surface area contributed by atoms with Gasteiger partial charge in [-0.25, -0.2) is 24.0 Å². The number of fused-ring (bicyclic) bond motifs is 2. The van der Waals surface area contributed by atoms with Gasteiger partial charge in [0.25, 0.3) is 0 Å². The normalized spacial score (nSPS) is 15.4. The number of benzene rings is 2. The Labute approximate surface area is 235 Å². The number of aromatic nitrogens is 6. The van der Waals surface area contributed by atoms with Gasteiger partial charge in [0.2, 0.25) is 5.91 Å². The number of ether oxygens (including phenoxy) is 1. The summed E-state index contributed by atoms with van der Waals surface area (Å²) in [7, 11) is 1.81. The molecule has 12 heteroatoms. The zero-order valence-corrected chi connectivity index (χ0v) is 22.9. The van der Waals surface area contributed by atoms with Crippen LogP contribution in [0.15, 0.2) is 61.4 Å². The summed E-state index contributed by atoms with van der Waals surface area (Å²) >= 11 is 0. The number of anilines is 3. The quantitative estimate of drug-likeness (QED) is 0.303. The number of hydrogen-bond donors (Lipinski definition) is 1. The van der Waals surface area contributed by atoms with Crippen molar-refractivity contribution in [2.45, 2.75) is 19.9 Å². The summed E-state index contributed by atoms with van der Waals surface area (Å²) < 4.78 is 23.2. The highest BCUT2D eigenvalue weighted by Gasteiger charge is 2.27. The zero-order chi connectivity index (χ0) is 28.7. The van der Waals surface area contributed by atoms with Crippen molar-refractivity contribution in [3.63, 3.8) is 0 Å². The minimum absolute atomic E-state index is 0.00305. The average molecular weight is 554 g/mol. The number of amides is 1. The predicted molar refractivity (Wildman–Crippen MR) is 154 cm³/mol. The first-order valence-corrected chi connectivity index (χ1v) is 13.2. The molecule has 1 fully saturated rings. The first kappa shape index (κ1) is 26.1. The third-order valence-electron chi connectivity index (χ3n) is 7.28. The molecule has 1 atom stereocenters. The van der Waals surface area contributed by atoms with Gasteiger partial charge in [-0.15, -0.1) is 5.10 Å². The van der Waals surface area contributed by atoms with E-state index in [9.17, 15) is 4.79 Å². The second-order valence-electron chi connectivity index (χ2n) is 9.93. The number of rotatable bonds is 6. The summed E-state index contributed by atoms with van der Waals surface area (Å²) in [5, 5.41) is 11.2. The lowest BCUT2D eigenvalue weighted by Gasteiger charge is -2.40. The summed E-state index contributed by atoms with van der Waals surface area (Å²) in [5.41, 5.74) is 3.26. The van der Waals surface area contributed by atoms with Crippen LogP contribution in [-0.2, 0) is 11.8 Å². The van der Waals surface area contributed by atoms with Crippen molar-refractivity contribution in [1.82, 2.24) is 34.8 Å². The fourth-order valence-electron chi connectivity index (χ4n) is 5.02. The smallest absolute Gasteiger partial charge is 0.246 e. The summed E-state index contributed by atoms with van der Waals surface area (Å²) in [6.45, 7) is 9.05. The van der Waals surface area contributed by atoms with Gasteiger partial charge >= 0.3 is 0 Å². The molecule has 1 N–H and O–H groups in total. The third kappa shape index (κ3) is 4.88. The zero-order valence-electron chi connectivity index (χ0n) is 22.9. The summed E-state index contributed by atoms with van der Waals surface area (Å²) in [5.74, 6) is 1.47. The second kappa shape index (κ2) is 10.5. The largest absolute Gasteiger partial charge is 0.457 e. The number of nitrogens with zero attached hydrogens (tertiary/aromatic N) is 8. The maximum Gasteiger partial charge on any atom is 0.246 e. The summed E-state index contributed by atoms with van der Waals surface area (Å²) in [6.07, 6.45) is 2.76. The van der Waals surface area contributed by atoms with Gasteiger partial charge in [-0.05, 0) is 56.3 Å². The molecule has 2 aromatic carbocycles. The number of piperazine rings is 1. The van der Waals surface area contributed by atoms with Gasteiger partial charge in [0.1, 0.15) is 34.7 Å². The van der Waals surface area contributed by atoms with Crippen LogP contribution >= 0.6 is 0 Å². The Morgan fingerprint density at radius 1 is 1.15 bits per heavy atom. The van der Waals surface area contributed by atoms with E-state index < -0.39 is 5.82 Å². The van der Waals surface area contributed by atoms with Gasteiger partial charge in [-0.2, -0.15) is 0 Å². The molecule has 0 unspecified atom stereocenters. The Hall–Kier alpha value is -5.13. The Morgan fingerprint density at radius 2 is 2.00 bits per heavy atom. The van der Waals surface area contributed by atoms with Crippen molar-refractivity contribution in [3.05, 3.63) is 72.8 Å². The molecule has 0 radical (unpaired) electrons. The lowest BCUT2D eigenvalue weighted by Crippen LogP contribution is -2.53. The number of carbonyl (C=O) groups excluding carboxylic acids is 1. The van der Waals surface area contributed by atoms with Crippen LogP contribution < -0.4 is 15.0 Å². The summed E-state index contributed by atoms with van der Waals surface area (Å²) in [6, 6.07) is 12.5. The van der Waals surface area contributed by atoms with E-state index >= 15 is 4.39 Å². The fourth-order valence-corrected chi connectivity index (χ4v) is 5.02. The van der Waals surface area contributed by atoms with E-state index in [2.05, 4.69) is 37.1 Å². The molecular weight excluding hydrogens is 525 g/mol. The van der Waals surface area contributed by atoms with E-state index in [1.54, 1.807) is 40.8 Å². The molecule has 0 saturated carbocycles. The molecule has 11 nitrogen and oxygen atoms in total. The molecule has 41 heavy (non-hydrogen) atoms. The van der Waals surface area contributed by atoms with Gasteiger partial charge in [-0.1, -0.05) is 11.8 Å². The standard InChI is InChI=1S/C29H28FN9O2/c1-5-26(40)39-13-12-38(15-17(39)2)25-11-8-21-28(34-25)29(32-16-31-21)33-20-7-10-24(18(3)27(20)30)41-19-6-9-23-22(14-19)35-36-37(23)4/h5-11,14,16-17H,1,12-13,15H2,2-4H3,(H,31,32,33)/t17-/m0/s1. The van der Waals surface area contributed by atoms with Gasteiger partial charge in [0, 0.05) is 44.4 Å². The van der Waals surface area contributed by atoms with E-state index in [0.29, 0.717) is 59.1 Å². The maximum absolute atomic E-state index is 15.6.